The number of aliphatic carboxylic acids is 1. The summed E-state index contributed by atoms with van der Waals surface area (Å²) in [5.41, 5.74) is 0. The molecular formula is C11H20N2O3. The zero-order valence-corrected chi connectivity index (χ0v) is 9.50. The molecule has 2 amide bonds. The van der Waals surface area contributed by atoms with Crippen LogP contribution in [0.25, 0.3) is 0 Å². The first-order valence-electron chi connectivity index (χ1n) is 5.92. The first-order chi connectivity index (χ1) is 7.68. The average Bonchev–Trinajstić information content (AvgIpc) is 2.74. The van der Waals surface area contributed by atoms with Crippen molar-refractivity contribution < 1.29 is 14.7 Å². The molecule has 92 valence electrons. The largest absolute Gasteiger partial charge is 0.480 e. The Balaban J connectivity index is 1.93. The highest BCUT2D eigenvalue weighted by Crippen LogP contribution is 2.28. The molecule has 0 radical (unpaired) electrons. The van der Waals surface area contributed by atoms with Crippen molar-refractivity contribution >= 4 is 12.0 Å². The number of carboxylic acid groups (broad SMARTS) is 1. The van der Waals surface area contributed by atoms with E-state index in [0.717, 1.165) is 12.3 Å². The SMILES string of the molecule is O=C(O)CNC(=O)NCCCC1CCCC1. The lowest BCUT2D eigenvalue weighted by Gasteiger charge is -2.09. The zero-order chi connectivity index (χ0) is 11.8. The zero-order valence-electron chi connectivity index (χ0n) is 9.50. The number of urea groups is 1. The average molecular weight is 228 g/mol. The molecule has 1 saturated carbocycles. The van der Waals surface area contributed by atoms with Crippen molar-refractivity contribution in [1.82, 2.24) is 10.6 Å². The number of carbonyl (C=O) groups excluding carboxylic acids is 1. The molecule has 0 aromatic heterocycles. The van der Waals surface area contributed by atoms with Crippen molar-refractivity contribution in [3.63, 3.8) is 0 Å². The maximum absolute atomic E-state index is 11.1. The minimum Gasteiger partial charge on any atom is -0.480 e. The molecule has 0 spiro atoms. The van der Waals surface area contributed by atoms with E-state index >= 15 is 0 Å². The van der Waals surface area contributed by atoms with Crippen molar-refractivity contribution in [1.29, 1.82) is 0 Å². The van der Waals surface area contributed by atoms with E-state index < -0.39 is 12.0 Å². The Labute approximate surface area is 95.6 Å². The third kappa shape index (κ3) is 5.58. The monoisotopic (exact) mass is 228 g/mol. The summed E-state index contributed by atoms with van der Waals surface area (Å²) >= 11 is 0. The fourth-order valence-electron chi connectivity index (χ4n) is 2.11. The molecule has 0 aromatic rings. The minimum atomic E-state index is -1.03. The van der Waals surface area contributed by atoms with Crippen LogP contribution < -0.4 is 10.6 Å². The van der Waals surface area contributed by atoms with Crippen LogP contribution in [0.15, 0.2) is 0 Å². The van der Waals surface area contributed by atoms with E-state index in [-0.39, 0.29) is 6.54 Å². The number of amides is 2. The summed E-state index contributed by atoms with van der Waals surface area (Å²) in [6.45, 7) is 0.302. The lowest BCUT2D eigenvalue weighted by molar-refractivity contribution is -0.135. The molecule has 1 fully saturated rings. The maximum Gasteiger partial charge on any atom is 0.323 e. The van der Waals surface area contributed by atoms with Crippen molar-refractivity contribution in [3.05, 3.63) is 0 Å². The summed E-state index contributed by atoms with van der Waals surface area (Å²) in [7, 11) is 0. The van der Waals surface area contributed by atoms with Crippen LogP contribution in [0.2, 0.25) is 0 Å². The van der Waals surface area contributed by atoms with E-state index in [0.29, 0.717) is 6.54 Å². The van der Waals surface area contributed by atoms with E-state index in [4.69, 9.17) is 5.11 Å². The molecule has 5 nitrogen and oxygen atoms in total. The summed E-state index contributed by atoms with van der Waals surface area (Å²) < 4.78 is 0. The summed E-state index contributed by atoms with van der Waals surface area (Å²) in [4.78, 5) is 21.2. The molecule has 5 heteroatoms. The second-order valence-electron chi connectivity index (χ2n) is 4.30. The van der Waals surface area contributed by atoms with Gasteiger partial charge in [0.2, 0.25) is 0 Å². The molecule has 0 heterocycles. The van der Waals surface area contributed by atoms with Gasteiger partial charge >= 0.3 is 12.0 Å². The Hall–Kier alpha value is -1.26. The maximum atomic E-state index is 11.1. The number of nitrogens with one attached hydrogen (secondary N) is 2. The predicted octanol–water partition coefficient (Wildman–Crippen LogP) is 1.34. The van der Waals surface area contributed by atoms with Gasteiger partial charge in [-0.1, -0.05) is 25.7 Å². The highest BCUT2D eigenvalue weighted by Gasteiger charge is 2.14. The minimum absolute atomic E-state index is 0.325. The normalized spacial score (nSPS) is 16.0. The number of carbonyl (C=O) groups is 2. The van der Waals surface area contributed by atoms with Gasteiger partial charge in [0.25, 0.3) is 0 Å². The van der Waals surface area contributed by atoms with Crippen LogP contribution in [0.5, 0.6) is 0 Å². The van der Waals surface area contributed by atoms with Crippen molar-refractivity contribution in [3.8, 4) is 0 Å². The molecule has 0 bridgehead atoms. The van der Waals surface area contributed by atoms with Gasteiger partial charge < -0.3 is 15.7 Å². The molecule has 0 aromatic carbocycles. The molecule has 3 N–H and O–H groups in total. The topological polar surface area (TPSA) is 78.4 Å². The van der Waals surface area contributed by atoms with Gasteiger partial charge in [-0.15, -0.1) is 0 Å². The van der Waals surface area contributed by atoms with Gasteiger partial charge in [0.05, 0.1) is 0 Å². The van der Waals surface area contributed by atoms with Crippen LogP contribution in [0, 0.1) is 5.92 Å². The third-order valence-corrected chi connectivity index (χ3v) is 2.95. The Morgan fingerprint density at radius 3 is 2.50 bits per heavy atom. The first-order valence-corrected chi connectivity index (χ1v) is 5.92. The quantitative estimate of drug-likeness (QED) is 0.600. The molecule has 1 aliphatic rings. The fraction of sp³-hybridized carbons (Fsp3) is 0.818. The second kappa shape index (κ2) is 7.09. The lowest BCUT2D eigenvalue weighted by Crippen LogP contribution is -2.38. The van der Waals surface area contributed by atoms with E-state index in [1.807, 2.05) is 0 Å². The second-order valence-corrected chi connectivity index (χ2v) is 4.30. The number of rotatable bonds is 6. The highest BCUT2D eigenvalue weighted by molar-refractivity contribution is 5.79. The van der Waals surface area contributed by atoms with Crippen LogP contribution in [0.1, 0.15) is 38.5 Å². The van der Waals surface area contributed by atoms with Crippen LogP contribution in [-0.4, -0.2) is 30.2 Å². The lowest BCUT2D eigenvalue weighted by atomic mass is 10.0. The molecule has 1 aliphatic carbocycles. The number of hydrogen-bond donors (Lipinski definition) is 3. The third-order valence-electron chi connectivity index (χ3n) is 2.95. The van der Waals surface area contributed by atoms with Gasteiger partial charge in [0.15, 0.2) is 0 Å². The predicted molar refractivity (Wildman–Crippen MR) is 60.2 cm³/mol. The van der Waals surface area contributed by atoms with Gasteiger partial charge in [0.1, 0.15) is 6.54 Å². The van der Waals surface area contributed by atoms with Gasteiger partial charge in [-0.25, -0.2) is 4.79 Å². The molecule has 0 aliphatic heterocycles. The number of hydrogen-bond acceptors (Lipinski definition) is 2. The van der Waals surface area contributed by atoms with Gasteiger partial charge in [-0.2, -0.15) is 0 Å². The van der Waals surface area contributed by atoms with Gasteiger partial charge in [-0.05, 0) is 18.8 Å². The molecular weight excluding hydrogens is 208 g/mol. The Kier molecular flexibility index (Phi) is 5.67. The van der Waals surface area contributed by atoms with Crippen molar-refractivity contribution in [2.45, 2.75) is 38.5 Å². The Morgan fingerprint density at radius 2 is 1.88 bits per heavy atom. The summed E-state index contributed by atoms with van der Waals surface area (Å²) in [6, 6.07) is -0.395. The molecule has 0 saturated heterocycles. The summed E-state index contributed by atoms with van der Waals surface area (Å²) in [5.74, 6) is -0.190. The highest BCUT2D eigenvalue weighted by atomic mass is 16.4. The number of carboxylic acids is 1. The van der Waals surface area contributed by atoms with E-state index in [2.05, 4.69) is 10.6 Å². The van der Waals surface area contributed by atoms with Gasteiger partial charge in [-0.3, -0.25) is 4.79 Å². The van der Waals surface area contributed by atoms with E-state index in [9.17, 15) is 9.59 Å². The van der Waals surface area contributed by atoms with Crippen molar-refractivity contribution in [2.75, 3.05) is 13.1 Å². The molecule has 0 atom stereocenters. The van der Waals surface area contributed by atoms with Crippen molar-refractivity contribution in [2.24, 2.45) is 5.92 Å². The van der Waals surface area contributed by atoms with E-state index in [1.165, 1.54) is 32.1 Å². The smallest absolute Gasteiger partial charge is 0.323 e. The molecule has 16 heavy (non-hydrogen) atoms. The van der Waals surface area contributed by atoms with E-state index in [1.54, 1.807) is 0 Å². The van der Waals surface area contributed by atoms with Gasteiger partial charge in [0, 0.05) is 6.54 Å². The molecule has 0 unspecified atom stereocenters. The van der Waals surface area contributed by atoms with Crippen LogP contribution in [0.4, 0.5) is 4.79 Å². The Bertz CT molecular complexity index is 237. The van der Waals surface area contributed by atoms with Crippen LogP contribution >= 0.6 is 0 Å². The summed E-state index contributed by atoms with van der Waals surface area (Å²) in [5, 5.41) is 13.2. The molecule has 1 rings (SSSR count). The first kappa shape index (κ1) is 12.8. The fourth-order valence-corrected chi connectivity index (χ4v) is 2.11. The van der Waals surface area contributed by atoms with Crippen LogP contribution in [0.3, 0.4) is 0 Å². The van der Waals surface area contributed by atoms with Crippen LogP contribution in [-0.2, 0) is 4.79 Å². The standard InChI is InChI=1S/C11H20N2O3/c14-10(15)8-13-11(16)12-7-3-6-9-4-1-2-5-9/h9H,1-8H2,(H,14,15)(H2,12,13,16). The Morgan fingerprint density at radius 1 is 1.19 bits per heavy atom. The summed E-state index contributed by atoms with van der Waals surface area (Å²) in [6.07, 6.45) is 7.48.